The normalized spacial score (nSPS) is 20.2. The van der Waals surface area contributed by atoms with Crippen LogP contribution in [0.5, 0.6) is 0 Å². The van der Waals surface area contributed by atoms with Crippen LogP contribution < -0.4 is 10.6 Å². The topological polar surface area (TPSA) is 104 Å². The number of carbonyl (C=O) groups is 2. The minimum Gasteiger partial charge on any atom is -0.483 e. The summed E-state index contributed by atoms with van der Waals surface area (Å²) >= 11 is 0. The lowest BCUT2D eigenvalue weighted by molar-refractivity contribution is -0.150. The Morgan fingerprint density at radius 2 is 2.03 bits per heavy atom. The number of halogens is 2. The minimum atomic E-state index is -2.68. The van der Waals surface area contributed by atoms with Crippen LogP contribution >= 0.6 is 0 Å². The molecular formula is C20H31F2N3O4. The fourth-order valence-electron chi connectivity index (χ4n) is 3.85. The number of rotatable bonds is 8. The average molecular weight is 415 g/mol. The number of nitrogens with one attached hydrogen (secondary N) is 2. The van der Waals surface area contributed by atoms with Crippen LogP contribution in [0.2, 0.25) is 0 Å². The van der Waals surface area contributed by atoms with Crippen LogP contribution in [0.15, 0.2) is 4.52 Å². The summed E-state index contributed by atoms with van der Waals surface area (Å²) in [6.45, 7) is 5.44. The van der Waals surface area contributed by atoms with E-state index in [4.69, 9.17) is 14.4 Å². The second kappa shape index (κ2) is 10.7. The third kappa shape index (κ3) is 6.48. The van der Waals surface area contributed by atoms with Gasteiger partial charge in [-0.25, -0.2) is 8.78 Å². The first-order valence-electron chi connectivity index (χ1n) is 10.3. The lowest BCUT2D eigenvalue weighted by Crippen LogP contribution is -2.45. The van der Waals surface area contributed by atoms with Crippen LogP contribution in [-0.2, 0) is 29.0 Å². The predicted octanol–water partition coefficient (Wildman–Crippen LogP) is 2.92. The standard InChI is InChI=1S/C19H29F2N3O2.CH2O2/c1-3-12(4-2)10-22-14-5-6-17-15(7-14)16(24-26-17)11-23-18(25)13-8-19(20,21)9-13;2-1-3/h12-14,22H,3-11H2,1-2H3,(H,23,25);1H,(H,2,3). The van der Waals surface area contributed by atoms with Crippen molar-refractivity contribution in [1.29, 1.82) is 0 Å². The molecule has 164 valence electrons. The van der Waals surface area contributed by atoms with Crippen molar-refractivity contribution in [2.75, 3.05) is 6.54 Å². The maximum Gasteiger partial charge on any atom is 0.290 e. The Balaban J connectivity index is 0.000000941. The summed E-state index contributed by atoms with van der Waals surface area (Å²) < 4.78 is 31.2. The molecule has 2 aliphatic rings. The highest BCUT2D eigenvalue weighted by Gasteiger charge is 2.48. The zero-order valence-corrected chi connectivity index (χ0v) is 17.0. The van der Waals surface area contributed by atoms with Gasteiger partial charge in [0.25, 0.3) is 6.47 Å². The number of amides is 1. The van der Waals surface area contributed by atoms with E-state index in [0.717, 1.165) is 42.8 Å². The molecule has 1 saturated carbocycles. The summed E-state index contributed by atoms with van der Waals surface area (Å²) in [5.41, 5.74) is 1.80. The molecule has 0 radical (unpaired) electrons. The van der Waals surface area contributed by atoms with Gasteiger partial charge in [0.15, 0.2) is 0 Å². The third-order valence-corrected chi connectivity index (χ3v) is 5.86. The van der Waals surface area contributed by atoms with Crippen LogP contribution in [-0.4, -0.2) is 41.2 Å². The number of carbonyl (C=O) groups excluding carboxylic acids is 1. The van der Waals surface area contributed by atoms with E-state index < -0.39 is 11.8 Å². The summed E-state index contributed by atoms with van der Waals surface area (Å²) in [7, 11) is 0. The van der Waals surface area contributed by atoms with Crippen molar-refractivity contribution in [3.05, 3.63) is 17.0 Å². The van der Waals surface area contributed by atoms with E-state index in [0.29, 0.717) is 12.0 Å². The number of alkyl halides is 2. The van der Waals surface area contributed by atoms with Crippen LogP contribution in [0.3, 0.4) is 0 Å². The fourth-order valence-corrected chi connectivity index (χ4v) is 3.85. The molecule has 1 atom stereocenters. The molecule has 0 aromatic carbocycles. The lowest BCUT2D eigenvalue weighted by Gasteiger charge is -2.33. The Morgan fingerprint density at radius 3 is 2.62 bits per heavy atom. The zero-order valence-electron chi connectivity index (χ0n) is 17.0. The van der Waals surface area contributed by atoms with E-state index in [1.165, 1.54) is 12.8 Å². The van der Waals surface area contributed by atoms with Gasteiger partial charge in [0, 0.05) is 36.8 Å². The summed E-state index contributed by atoms with van der Waals surface area (Å²) in [4.78, 5) is 20.3. The SMILES string of the molecule is CCC(CC)CNC1CCc2onc(CNC(=O)C3CC(F)(F)C3)c2C1.O=CO. The first-order chi connectivity index (χ1) is 13.8. The molecule has 0 spiro atoms. The molecule has 29 heavy (non-hydrogen) atoms. The summed E-state index contributed by atoms with van der Waals surface area (Å²) in [5.74, 6) is -1.99. The summed E-state index contributed by atoms with van der Waals surface area (Å²) in [6.07, 6.45) is 4.34. The molecule has 0 bridgehead atoms. The quantitative estimate of drug-likeness (QED) is 0.564. The maximum atomic E-state index is 12.9. The second-order valence-electron chi connectivity index (χ2n) is 7.85. The molecular weight excluding hydrogens is 384 g/mol. The number of carboxylic acid groups (broad SMARTS) is 1. The van der Waals surface area contributed by atoms with Crippen molar-refractivity contribution in [3.63, 3.8) is 0 Å². The lowest BCUT2D eigenvalue weighted by atomic mass is 9.81. The van der Waals surface area contributed by atoms with Crippen molar-refractivity contribution >= 4 is 12.4 Å². The van der Waals surface area contributed by atoms with Gasteiger partial charge >= 0.3 is 0 Å². The Bertz CT molecular complexity index is 669. The Kier molecular flexibility index (Phi) is 8.55. The number of hydrogen-bond acceptors (Lipinski definition) is 5. The Morgan fingerprint density at radius 1 is 1.38 bits per heavy atom. The highest BCUT2D eigenvalue weighted by molar-refractivity contribution is 5.79. The van der Waals surface area contributed by atoms with Gasteiger partial charge < -0.3 is 20.3 Å². The molecule has 7 nitrogen and oxygen atoms in total. The monoisotopic (exact) mass is 415 g/mol. The van der Waals surface area contributed by atoms with Crippen LogP contribution in [0.25, 0.3) is 0 Å². The fraction of sp³-hybridized carbons (Fsp3) is 0.750. The van der Waals surface area contributed by atoms with E-state index in [1.807, 2.05) is 0 Å². The molecule has 0 saturated heterocycles. The van der Waals surface area contributed by atoms with Gasteiger partial charge in [-0.2, -0.15) is 0 Å². The molecule has 1 unspecified atom stereocenters. The number of fused-ring (bicyclic) bond motifs is 1. The van der Waals surface area contributed by atoms with E-state index in [1.54, 1.807) is 0 Å². The maximum absolute atomic E-state index is 12.9. The summed E-state index contributed by atoms with van der Waals surface area (Å²) in [6, 6.07) is 0.391. The number of aryl methyl sites for hydroxylation is 1. The molecule has 0 aliphatic heterocycles. The van der Waals surface area contributed by atoms with E-state index in [9.17, 15) is 13.6 Å². The molecule has 3 N–H and O–H groups in total. The van der Waals surface area contributed by atoms with Crippen molar-refractivity contribution < 1.29 is 28.0 Å². The first-order valence-corrected chi connectivity index (χ1v) is 10.3. The molecule has 1 aromatic heterocycles. The molecule has 1 amide bonds. The van der Waals surface area contributed by atoms with Gasteiger partial charge in [0.1, 0.15) is 11.5 Å². The number of nitrogens with zero attached hydrogens (tertiary/aromatic N) is 1. The van der Waals surface area contributed by atoms with Crippen molar-refractivity contribution in [2.45, 2.75) is 77.3 Å². The molecule has 1 fully saturated rings. The Hall–Kier alpha value is -2.03. The van der Waals surface area contributed by atoms with Gasteiger partial charge in [-0.1, -0.05) is 31.8 Å². The minimum absolute atomic E-state index is 0.249. The smallest absolute Gasteiger partial charge is 0.290 e. The number of aromatic nitrogens is 1. The van der Waals surface area contributed by atoms with Gasteiger partial charge in [-0.3, -0.25) is 9.59 Å². The molecule has 1 heterocycles. The predicted molar refractivity (Wildman–Crippen MR) is 103 cm³/mol. The van der Waals surface area contributed by atoms with Gasteiger partial charge in [0.2, 0.25) is 11.8 Å². The summed E-state index contributed by atoms with van der Waals surface area (Å²) in [5, 5.41) is 17.4. The Labute approximate surface area is 169 Å². The number of hydrogen-bond donors (Lipinski definition) is 3. The molecule has 3 rings (SSSR count). The largest absolute Gasteiger partial charge is 0.483 e. The van der Waals surface area contributed by atoms with Crippen molar-refractivity contribution in [3.8, 4) is 0 Å². The molecule has 1 aromatic rings. The van der Waals surface area contributed by atoms with Crippen molar-refractivity contribution in [2.24, 2.45) is 11.8 Å². The van der Waals surface area contributed by atoms with Crippen molar-refractivity contribution in [1.82, 2.24) is 15.8 Å². The highest BCUT2D eigenvalue weighted by Crippen LogP contribution is 2.42. The third-order valence-electron chi connectivity index (χ3n) is 5.86. The average Bonchev–Trinajstić information content (AvgIpc) is 3.08. The zero-order chi connectivity index (χ0) is 21.4. The van der Waals surface area contributed by atoms with Gasteiger partial charge in [-0.15, -0.1) is 0 Å². The van der Waals surface area contributed by atoms with Gasteiger partial charge in [0.05, 0.1) is 6.54 Å². The van der Waals surface area contributed by atoms with E-state index >= 15 is 0 Å². The van der Waals surface area contributed by atoms with E-state index in [-0.39, 0.29) is 31.8 Å². The first kappa shape index (κ1) is 23.3. The van der Waals surface area contributed by atoms with Crippen LogP contribution in [0.1, 0.15) is 63.0 Å². The second-order valence-corrected chi connectivity index (χ2v) is 7.85. The highest BCUT2D eigenvalue weighted by atomic mass is 19.3. The molecule has 9 heteroatoms. The van der Waals surface area contributed by atoms with E-state index in [2.05, 4.69) is 29.6 Å². The van der Waals surface area contributed by atoms with Gasteiger partial charge in [-0.05, 0) is 25.3 Å². The molecule has 2 aliphatic carbocycles. The van der Waals surface area contributed by atoms with Crippen LogP contribution in [0.4, 0.5) is 8.78 Å². The van der Waals surface area contributed by atoms with Crippen LogP contribution in [0, 0.1) is 11.8 Å².